The number of urea groups is 1. The van der Waals surface area contributed by atoms with Crippen molar-refractivity contribution in [2.24, 2.45) is 5.41 Å². The second-order valence-corrected chi connectivity index (χ2v) is 6.89. The molecular weight excluding hydrogens is 292 g/mol. The number of ether oxygens (including phenoxy) is 1. The maximum atomic E-state index is 12.7. The summed E-state index contributed by atoms with van der Waals surface area (Å²) >= 11 is 0. The van der Waals surface area contributed by atoms with E-state index < -0.39 is 12.0 Å². The lowest BCUT2D eigenvalue weighted by atomic mass is 9.90. The molecule has 1 aromatic carbocycles. The Hall–Kier alpha value is -2.30. The number of allylic oxidation sites excluding steroid dienone is 1. The third-order valence-corrected chi connectivity index (χ3v) is 4.13. The van der Waals surface area contributed by atoms with Crippen LogP contribution in [0, 0.1) is 5.41 Å². The highest BCUT2D eigenvalue weighted by atomic mass is 16.5. The minimum absolute atomic E-state index is 0.155. The van der Waals surface area contributed by atoms with E-state index in [2.05, 4.69) is 10.6 Å². The van der Waals surface area contributed by atoms with E-state index in [-0.39, 0.29) is 17.6 Å². The van der Waals surface area contributed by atoms with Gasteiger partial charge in [-0.25, -0.2) is 9.59 Å². The Morgan fingerprint density at radius 1 is 1.22 bits per heavy atom. The maximum Gasteiger partial charge on any atom is 0.338 e. The third kappa shape index (κ3) is 3.92. The summed E-state index contributed by atoms with van der Waals surface area (Å²) in [5, 5.41) is 5.45. The van der Waals surface area contributed by atoms with E-state index in [1.54, 1.807) is 6.92 Å². The van der Waals surface area contributed by atoms with Gasteiger partial charge in [-0.05, 0) is 24.8 Å². The first-order valence-corrected chi connectivity index (χ1v) is 7.74. The average molecular weight is 316 g/mol. The van der Waals surface area contributed by atoms with E-state index in [1.165, 1.54) is 0 Å². The van der Waals surface area contributed by atoms with Crippen LogP contribution in [-0.4, -0.2) is 18.1 Å². The van der Waals surface area contributed by atoms with E-state index >= 15 is 0 Å². The van der Waals surface area contributed by atoms with Crippen LogP contribution in [0.4, 0.5) is 4.79 Å². The number of benzene rings is 1. The van der Waals surface area contributed by atoms with Crippen molar-refractivity contribution in [3.05, 3.63) is 47.2 Å². The number of nitrogens with one attached hydrogen (secondary N) is 2. The summed E-state index contributed by atoms with van der Waals surface area (Å²) in [5.41, 5.74) is 1.65. The number of carbonyl (C=O) groups is 2. The second-order valence-electron chi connectivity index (χ2n) is 6.89. The highest BCUT2D eigenvalue weighted by molar-refractivity contribution is 5.95. The summed E-state index contributed by atoms with van der Waals surface area (Å²) in [6, 6.07) is 8.57. The predicted molar refractivity (Wildman–Crippen MR) is 88.6 cm³/mol. The van der Waals surface area contributed by atoms with Crippen molar-refractivity contribution in [1.82, 2.24) is 10.6 Å². The summed E-state index contributed by atoms with van der Waals surface area (Å²) in [7, 11) is 0. The smallest absolute Gasteiger partial charge is 0.338 e. The van der Waals surface area contributed by atoms with E-state index in [0.717, 1.165) is 5.56 Å². The summed E-state index contributed by atoms with van der Waals surface area (Å²) in [5.74, 6) is -0.411. The molecule has 5 heteroatoms. The Kier molecular flexibility index (Phi) is 4.78. The van der Waals surface area contributed by atoms with E-state index in [1.807, 2.05) is 58.0 Å². The van der Waals surface area contributed by atoms with E-state index in [9.17, 15) is 9.59 Å². The number of carbonyl (C=O) groups excluding carboxylic acids is 2. The van der Waals surface area contributed by atoms with Gasteiger partial charge in [0.05, 0.1) is 11.6 Å². The van der Waals surface area contributed by atoms with Gasteiger partial charge in [0.1, 0.15) is 6.10 Å². The van der Waals surface area contributed by atoms with Crippen molar-refractivity contribution in [3.63, 3.8) is 0 Å². The Morgan fingerprint density at radius 3 is 2.39 bits per heavy atom. The van der Waals surface area contributed by atoms with Gasteiger partial charge in [0, 0.05) is 5.70 Å². The summed E-state index contributed by atoms with van der Waals surface area (Å²) in [6.45, 7) is 9.64. The first-order chi connectivity index (χ1) is 10.7. The number of hydrogen-bond donors (Lipinski definition) is 2. The van der Waals surface area contributed by atoms with Crippen molar-refractivity contribution < 1.29 is 14.3 Å². The van der Waals surface area contributed by atoms with Gasteiger partial charge in [-0.2, -0.15) is 0 Å². The molecule has 2 atom stereocenters. The van der Waals surface area contributed by atoms with Gasteiger partial charge in [0.25, 0.3) is 0 Å². The van der Waals surface area contributed by atoms with Crippen LogP contribution < -0.4 is 10.6 Å². The third-order valence-electron chi connectivity index (χ3n) is 4.13. The SMILES string of the molecule is CC1=C(C(=O)O[C@H](C)C(C)(C)C)[C@@H](c2ccccc2)NC(=O)N1. The molecule has 2 amide bonds. The molecular formula is C18H24N2O3. The Bertz CT molecular complexity index is 629. The molecule has 1 heterocycles. The van der Waals surface area contributed by atoms with Gasteiger partial charge < -0.3 is 15.4 Å². The standard InChI is InChI=1S/C18H24N2O3/c1-11-14(16(21)23-12(2)18(3,4)5)15(20-17(22)19-11)13-9-7-6-8-10-13/h6-10,12,15H,1-5H3,(H2,19,20,22)/t12-,15-/m1/s1. The molecule has 124 valence electrons. The molecule has 0 unspecified atom stereocenters. The maximum absolute atomic E-state index is 12.7. The zero-order valence-corrected chi connectivity index (χ0v) is 14.3. The van der Waals surface area contributed by atoms with Crippen LogP contribution >= 0.6 is 0 Å². The van der Waals surface area contributed by atoms with Gasteiger partial charge >= 0.3 is 12.0 Å². The highest BCUT2D eigenvalue weighted by Crippen LogP contribution is 2.29. The molecule has 5 nitrogen and oxygen atoms in total. The zero-order chi connectivity index (χ0) is 17.2. The number of rotatable bonds is 3. The molecule has 2 rings (SSSR count). The molecule has 0 saturated heterocycles. The fourth-order valence-corrected chi connectivity index (χ4v) is 2.26. The summed E-state index contributed by atoms with van der Waals surface area (Å²) in [6.07, 6.45) is -0.246. The monoisotopic (exact) mass is 316 g/mol. The van der Waals surface area contributed by atoms with Crippen molar-refractivity contribution in [2.45, 2.75) is 46.8 Å². The second kappa shape index (κ2) is 6.44. The van der Waals surface area contributed by atoms with Crippen molar-refractivity contribution in [2.75, 3.05) is 0 Å². The van der Waals surface area contributed by atoms with Gasteiger partial charge in [-0.15, -0.1) is 0 Å². The number of amides is 2. The zero-order valence-electron chi connectivity index (χ0n) is 14.3. The molecule has 1 aromatic rings. The number of esters is 1. The Balaban J connectivity index is 2.33. The molecule has 0 spiro atoms. The van der Waals surface area contributed by atoms with Crippen molar-refractivity contribution in [3.8, 4) is 0 Å². The van der Waals surface area contributed by atoms with Crippen LogP contribution in [0.2, 0.25) is 0 Å². The first kappa shape index (κ1) is 17.1. The molecule has 1 aliphatic rings. The Morgan fingerprint density at radius 2 is 1.83 bits per heavy atom. The topological polar surface area (TPSA) is 67.4 Å². The van der Waals surface area contributed by atoms with Crippen molar-refractivity contribution >= 4 is 12.0 Å². The number of hydrogen-bond acceptors (Lipinski definition) is 3. The van der Waals surface area contributed by atoms with Crippen LogP contribution in [0.25, 0.3) is 0 Å². The van der Waals surface area contributed by atoms with Gasteiger partial charge in [-0.1, -0.05) is 51.1 Å². The van der Waals surface area contributed by atoms with Gasteiger partial charge in [-0.3, -0.25) is 0 Å². The fourth-order valence-electron chi connectivity index (χ4n) is 2.26. The summed E-state index contributed by atoms with van der Waals surface area (Å²) < 4.78 is 5.62. The predicted octanol–water partition coefficient (Wildman–Crippen LogP) is 3.29. The molecule has 23 heavy (non-hydrogen) atoms. The Labute approximate surface area is 137 Å². The molecule has 0 fully saturated rings. The van der Waals surface area contributed by atoms with Crippen LogP contribution in [0.3, 0.4) is 0 Å². The van der Waals surface area contributed by atoms with Crippen LogP contribution in [0.1, 0.15) is 46.2 Å². The lowest BCUT2D eigenvalue weighted by Gasteiger charge is -2.31. The van der Waals surface area contributed by atoms with Crippen LogP contribution in [-0.2, 0) is 9.53 Å². The summed E-state index contributed by atoms with van der Waals surface area (Å²) in [4.78, 5) is 24.5. The molecule has 1 aliphatic heterocycles. The van der Waals surface area contributed by atoms with Crippen molar-refractivity contribution in [1.29, 1.82) is 0 Å². The van der Waals surface area contributed by atoms with Crippen LogP contribution in [0.5, 0.6) is 0 Å². The molecule has 0 bridgehead atoms. The molecule has 0 aromatic heterocycles. The van der Waals surface area contributed by atoms with Crippen LogP contribution in [0.15, 0.2) is 41.6 Å². The minimum atomic E-state index is -0.510. The quantitative estimate of drug-likeness (QED) is 0.841. The first-order valence-electron chi connectivity index (χ1n) is 7.74. The lowest BCUT2D eigenvalue weighted by molar-refractivity contribution is -0.149. The minimum Gasteiger partial charge on any atom is -0.459 e. The largest absolute Gasteiger partial charge is 0.459 e. The van der Waals surface area contributed by atoms with Gasteiger partial charge in [0.2, 0.25) is 0 Å². The highest BCUT2D eigenvalue weighted by Gasteiger charge is 2.34. The fraction of sp³-hybridized carbons (Fsp3) is 0.444. The average Bonchev–Trinajstić information content (AvgIpc) is 2.46. The molecule has 0 radical (unpaired) electrons. The molecule has 0 aliphatic carbocycles. The molecule has 0 saturated carbocycles. The van der Waals surface area contributed by atoms with E-state index in [4.69, 9.17) is 4.74 Å². The van der Waals surface area contributed by atoms with Gasteiger partial charge in [0.15, 0.2) is 0 Å². The molecule has 2 N–H and O–H groups in total. The lowest BCUT2D eigenvalue weighted by Crippen LogP contribution is -2.46. The normalized spacial score (nSPS) is 19.7. The van der Waals surface area contributed by atoms with E-state index in [0.29, 0.717) is 11.3 Å².